The maximum absolute atomic E-state index is 12.9. The molecule has 3 atom stereocenters. The summed E-state index contributed by atoms with van der Waals surface area (Å²) < 4.78 is 11.1. The maximum atomic E-state index is 12.9. The third-order valence-corrected chi connectivity index (χ3v) is 7.00. The molecule has 2 fully saturated rings. The molecular weight excluding hydrogens is 402 g/mol. The van der Waals surface area contributed by atoms with E-state index in [1.54, 1.807) is 7.11 Å². The van der Waals surface area contributed by atoms with Crippen molar-refractivity contribution in [1.82, 2.24) is 15.2 Å². The summed E-state index contributed by atoms with van der Waals surface area (Å²) in [6, 6.07) is 10.1. The van der Waals surface area contributed by atoms with Gasteiger partial charge in [0.15, 0.2) is 0 Å². The Morgan fingerprint density at radius 3 is 2.81 bits per heavy atom. The van der Waals surface area contributed by atoms with E-state index in [1.165, 1.54) is 16.7 Å². The van der Waals surface area contributed by atoms with Crippen LogP contribution in [0, 0.1) is 19.8 Å². The van der Waals surface area contributed by atoms with Crippen LogP contribution >= 0.6 is 0 Å². The first kappa shape index (κ1) is 22.7. The summed E-state index contributed by atoms with van der Waals surface area (Å²) in [5, 5.41) is 3.30. The highest BCUT2D eigenvalue weighted by Gasteiger charge is 2.33. The third kappa shape index (κ3) is 5.13. The van der Waals surface area contributed by atoms with Crippen molar-refractivity contribution in [2.24, 2.45) is 5.92 Å². The number of carbonyl (C=O) groups excluding carboxylic acids is 1. The molecular formula is C26H35N3O3. The fourth-order valence-corrected chi connectivity index (χ4v) is 5.02. The number of ether oxygens (including phenoxy) is 2. The minimum Gasteiger partial charge on any atom is -0.496 e. The van der Waals surface area contributed by atoms with Crippen molar-refractivity contribution >= 4 is 5.91 Å². The Morgan fingerprint density at radius 2 is 2.09 bits per heavy atom. The van der Waals surface area contributed by atoms with Gasteiger partial charge in [0.2, 0.25) is 5.91 Å². The van der Waals surface area contributed by atoms with Gasteiger partial charge in [-0.15, -0.1) is 0 Å². The highest BCUT2D eigenvalue weighted by molar-refractivity contribution is 5.81. The van der Waals surface area contributed by atoms with E-state index in [4.69, 9.17) is 9.47 Å². The smallest absolute Gasteiger partial charge is 0.249 e. The van der Waals surface area contributed by atoms with Crippen LogP contribution in [0.2, 0.25) is 0 Å². The summed E-state index contributed by atoms with van der Waals surface area (Å²) in [5.41, 5.74) is 4.76. The molecule has 1 amide bonds. The van der Waals surface area contributed by atoms with Crippen molar-refractivity contribution < 1.29 is 14.3 Å². The number of benzene rings is 1. The Hall–Kier alpha value is -2.44. The Balaban J connectivity index is 1.49. The second-order valence-electron chi connectivity index (χ2n) is 9.06. The summed E-state index contributed by atoms with van der Waals surface area (Å²) in [4.78, 5) is 20.0. The van der Waals surface area contributed by atoms with Crippen LogP contribution in [0.25, 0.3) is 0 Å². The van der Waals surface area contributed by atoms with Crippen LogP contribution in [0.3, 0.4) is 0 Å². The van der Waals surface area contributed by atoms with Crippen LogP contribution in [-0.4, -0.2) is 48.7 Å². The number of aromatic nitrogens is 1. The van der Waals surface area contributed by atoms with E-state index in [2.05, 4.69) is 41.2 Å². The van der Waals surface area contributed by atoms with E-state index in [1.807, 2.05) is 24.4 Å². The van der Waals surface area contributed by atoms with Crippen molar-refractivity contribution in [1.29, 1.82) is 0 Å². The van der Waals surface area contributed by atoms with Crippen molar-refractivity contribution in [2.75, 3.05) is 26.8 Å². The summed E-state index contributed by atoms with van der Waals surface area (Å²) >= 11 is 0. The Morgan fingerprint density at radius 1 is 1.22 bits per heavy atom. The lowest BCUT2D eigenvalue weighted by Gasteiger charge is -2.37. The number of pyridine rings is 1. The number of hydrogen-bond acceptors (Lipinski definition) is 5. The quantitative estimate of drug-likeness (QED) is 0.711. The maximum Gasteiger partial charge on any atom is 0.249 e. The molecule has 0 spiro atoms. The SMILES string of the molecule is COc1ccc(CN2CCC[C@H]([C@H](NC(=O)[C@@H]3CCCO3)c3ccccn3)C2)c(C)c1C. The van der Waals surface area contributed by atoms with E-state index < -0.39 is 0 Å². The molecule has 172 valence electrons. The summed E-state index contributed by atoms with van der Waals surface area (Å²) in [6.45, 7) is 7.86. The molecule has 1 aromatic carbocycles. The first-order valence-electron chi connectivity index (χ1n) is 11.7. The Kier molecular flexibility index (Phi) is 7.43. The molecule has 32 heavy (non-hydrogen) atoms. The average molecular weight is 438 g/mol. The van der Waals surface area contributed by atoms with Crippen molar-refractivity contribution in [2.45, 2.75) is 58.2 Å². The van der Waals surface area contributed by atoms with E-state index in [-0.39, 0.29) is 18.1 Å². The molecule has 0 bridgehead atoms. The van der Waals surface area contributed by atoms with Gasteiger partial charge in [-0.2, -0.15) is 0 Å². The lowest BCUT2D eigenvalue weighted by Crippen LogP contribution is -2.45. The van der Waals surface area contributed by atoms with Gasteiger partial charge in [-0.1, -0.05) is 12.1 Å². The largest absolute Gasteiger partial charge is 0.496 e. The Labute approximate surface area is 191 Å². The predicted molar refractivity (Wildman–Crippen MR) is 125 cm³/mol. The number of nitrogens with zero attached hydrogens (tertiary/aromatic N) is 2. The molecule has 6 heteroatoms. The molecule has 2 aliphatic heterocycles. The van der Waals surface area contributed by atoms with Crippen LogP contribution < -0.4 is 10.1 Å². The van der Waals surface area contributed by atoms with Gasteiger partial charge in [0.1, 0.15) is 11.9 Å². The topological polar surface area (TPSA) is 63.7 Å². The van der Waals surface area contributed by atoms with Gasteiger partial charge in [-0.3, -0.25) is 14.7 Å². The van der Waals surface area contributed by atoms with Crippen LogP contribution in [0.4, 0.5) is 0 Å². The van der Waals surface area contributed by atoms with Gasteiger partial charge < -0.3 is 14.8 Å². The zero-order chi connectivity index (χ0) is 22.5. The number of piperidine rings is 1. The molecule has 2 aliphatic rings. The number of hydrogen-bond donors (Lipinski definition) is 1. The highest BCUT2D eigenvalue weighted by atomic mass is 16.5. The molecule has 2 saturated heterocycles. The van der Waals surface area contributed by atoms with Gasteiger partial charge in [0, 0.05) is 25.9 Å². The van der Waals surface area contributed by atoms with Crippen molar-refractivity contribution in [3.63, 3.8) is 0 Å². The van der Waals surface area contributed by atoms with Crippen LogP contribution in [0.15, 0.2) is 36.5 Å². The van der Waals surface area contributed by atoms with E-state index in [9.17, 15) is 4.79 Å². The standard InChI is InChI=1S/C26H35N3O3/c1-18-19(2)23(31-3)12-11-20(18)16-29-14-6-8-21(17-29)25(22-9-4-5-13-27-22)28-26(30)24-10-7-15-32-24/h4-5,9,11-13,21,24-25H,6-8,10,14-17H2,1-3H3,(H,28,30)/t21-,24-,25-/m0/s1. The minimum absolute atomic E-state index is 0.00287. The Bertz CT molecular complexity index is 912. The monoisotopic (exact) mass is 437 g/mol. The first-order chi connectivity index (χ1) is 15.6. The number of nitrogens with one attached hydrogen (secondary N) is 1. The molecule has 0 saturated carbocycles. The number of amides is 1. The summed E-state index contributed by atoms with van der Waals surface area (Å²) in [7, 11) is 1.72. The summed E-state index contributed by atoms with van der Waals surface area (Å²) in [5.74, 6) is 1.25. The normalized spacial score (nSPS) is 22.5. The van der Waals surface area contributed by atoms with Gasteiger partial charge in [0.25, 0.3) is 0 Å². The third-order valence-electron chi connectivity index (χ3n) is 7.00. The van der Waals surface area contributed by atoms with Gasteiger partial charge in [-0.25, -0.2) is 0 Å². The number of rotatable bonds is 7. The molecule has 1 aromatic heterocycles. The zero-order valence-corrected chi connectivity index (χ0v) is 19.5. The molecule has 6 nitrogen and oxygen atoms in total. The predicted octanol–water partition coefficient (Wildman–Crippen LogP) is 3.96. The zero-order valence-electron chi connectivity index (χ0n) is 19.5. The average Bonchev–Trinajstić information content (AvgIpc) is 3.37. The molecule has 0 aliphatic carbocycles. The lowest BCUT2D eigenvalue weighted by molar-refractivity contribution is -0.131. The number of carbonyl (C=O) groups is 1. The number of likely N-dealkylation sites (tertiary alicyclic amines) is 1. The minimum atomic E-state index is -0.328. The fourth-order valence-electron chi connectivity index (χ4n) is 5.02. The van der Waals surface area contributed by atoms with Crippen molar-refractivity contribution in [3.05, 3.63) is 58.9 Å². The molecule has 4 rings (SSSR count). The molecule has 2 aromatic rings. The van der Waals surface area contributed by atoms with E-state index in [0.717, 1.165) is 56.8 Å². The van der Waals surface area contributed by atoms with E-state index in [0.29, 0.717) is 12.5 Å². The van der Waals surface area contributed by atoms with E-state index >= 15 is 0 Å². The molecule has 1 N–H and O–H groups in total. The van der Waals surface area contributed by atoms with Crippen LogP contribution in [0.1, 0.15) is 54.1 Å². The molecule has 3 heterocycles. The van der Waals surface area contributed by atoms with Crippen LogP contribution in [0.5, 0.6) is 5.75 Å². The molecule has 0 unspecified atom stereocenters. The summed E-state index contributed by atoms with van der Waals surface area (Å²) in [6.07, 6.45) is 5.41. The van der Waals surface area contributed by atoms with Crippen molar-refractivity contribution in [3.8, 4) is 5.75 Å². The van der Waals surface area contributed by atoms with Gasteiger partial charge >= 0.3 is 0 Å². The van der Waals surface area contributed by atoms with Gasteiger partial charge in [0.05, 0.1) is 18.8 Å². The second-order valence-corrected chi connectivity index (χ2v) is 9.06. The second kappa shape index (κ2) is 10.5. The highest BCUT2D eigenvalue weighted by Crippen LogP contribution is 2.31. The fraction of sp³-hybridized carbons (Fsp3) is 0.538. The lowest BCUT2D eigenvalue weighted by atomic mass is 9.87. The van der Waals surface area contributed by atoms with Gasteiger partial charge in [-0.05, 0) is 86.9 Å². The number of methoxy groups -OCH3 is 1. The molecule has 0 radical (unpaired) electrons. The van der Waals surface area contributed by atoms with Crippen LogP contribution in [-0.2, 0) is 16.1 Å². The first-order valence-corrected chi connectivity index (χ1v) is 11.7.